The number of para-hydroxylation sites is 4. The number of hydrogen-bond donors (Lipinski definition) is 0. The molecule has 0 spiro atoms. The van der Waals surface area contributed by atoms with Crippen LogP contribution in [0, 0.1) is 0 Å². The molecule has 0 N–H and O–H groups in total. The van der Waals surface area contributed by atoms with Crippen LogP contribution >= 0.6 is 7.14 Å². The fraction of sp³-hybridized carbons (Fsp3) is 0.0556. The fourth-order valence-corrected chi connectivity index (χ4v) is 8.91. The first-order valence-corrected chi connectivity index (χ1v) is 15.5. The Morgan fingerprint density at radius 1 is 0.548 bits per heavy atom. The maximum Gasteiger partial charge on any atom is 0.252 e. The van der Waals surface area contributed by atoms with Gasteiger partial charge >= 0.3 is 0 Å². The molecule has 1 aliphatic heterocycles. The predicted molar refractivity (Wildman–Crippen MR) is 166 cm³/mol. The van der Waals surface area contributed by atoms with Gasteiger partial charge in [-0.05, 0) is 34.9 Å². The highest BCUT2D eigenvalue weighted by molar-refractivity contribution is 7.86. The topological polar surface area (TPSA) is 43.3 Å². The first kappa shape index (κ1) is 25.9. The van der Waals surface area contributed by atoms with E-state index in [2.05, 4.69) is 36.4 Å². The molecular weight excluding hydrogens is 539 g/mol. The van der Waals surface area contributed by atoms with Gasteiger partial charge in [0.2, 0.25) is 0 Å². The Balaban J connectivity index is 1.36. The maximum atomic E-state index is 15.4. The van der Waals surface area contributed by atoms with E-state index >= 15 is 4.57 Å². The summed E-state index contributed by atoms with van der Waals surface area (Å²) in [5, 5.41) is 2.51. The maximum absolute atomic E-state index is 15.4. The van der Waals surface area contributed by atoms with Crippen molar-refractivity contribution in [3.63, 3.8) is 0 Å². The largest absolute Gasteiger partial charge is 0.490 e. The van der Waals surface area contributed by atoms with Crippen molar-refractivity contribution < 1.29 is 23.2 Å². The van der Waals surface area contributed by atoms with E-state index in [1.54, 1.807) is 14.2 Å². The molecule has 42 heavy (non-hydrogen) atoms. The molecular formula is C36H29N2O3P+2. The zero-order chi connectivity index (χ0) is 28.7. The van der Waals surface area contributed by atoms with E-state index in [9.17, 15) is 0 Å². The van der Waals surface area contributed by atoms with Crippen LogP contribution in [0.3, 0.4) is 0 Å². The summed E-state index contributed by atoms with van der Waals surface area (Å²) in [6.07, 6.45) is 8.09. The highest BCUT2D eigenvalue weighted by Crippen LogP contribution is 2.52. The molecule has 0 aliphatic carbocycles. The molecule has 7 rings (SSSR count). The Morgan fingerprint density at radius 3 is 1.79 bits per heavy atom. The lowest BCUT2D eigenvalue weighted by Gasteiger charge is -2.15. The minimum atomic E-state index is -3.17. The van der Waals surface area contributed by atoms with Crippen molar-refractivity contribution in [1.29, 1.82) is 0 Å². The summed E-state index contributed by atoms with van der Waals surface area (Å²) in [6.45, 7) is 0. The minimum absolute atomic E-state index is 0.754. The summed E-state index contributed by atoms with van der Waals surface area (Å²) >= 11 is 0. The first-order valence-electron chi connectivity index (χ1n) is 13.8. The second-order valence-electron chi connectivity index (χ2n) is 10.2. The zero-order valence-electron chi connectivity index (χ0n) is 23.3. The van der Waals surface area contributed by atoms with E-state index < -0.39 is 7.14 Å². The number of ether oxygens (including phenoxy) is 2. The van der Waals surface area contributed by atoms with Gasteiger partial charge in [0.05, 0.1) is 19.5 Å². The Morgan fingerprint density at radius 2 is 1.12 bits per heavy atom. The average molecular weight is 569 g/mol. The number of methoxy groups -OCH3 is 2. The molecule has 0 saturated carbocycles. The quantitative estimate of drug-likeness (QED) is 0.195. The smallest absolute Gasteiger partial charge is 0.252 e. The molecule has 0 fully saturated rings. The van der Waals surface area contributed by atoms with Crippen molar-refractivity contribution in [2.45, 2.75) is 0 Å². The SMILES string of the molecule is COc1ccccc1-[n+]1ccc(-c2ccc3c(c2)P(=O)(c2ccccc2)c2c[n+](-c4ccccc4OC)ccc2-3)cc1. The predicted octanol–water partition coefficient (Wildman–Crippen LogP) is 5.54. The van der Waals surface area contributed by atoms with Gasteiger partial charge in [0.1, 0.15) is 0 Å². The lowest BCUT2D eigenvalue weighted by molar-refractivity contribution is -0.596. The van der Waals surface area contributed by atoms with Crippen molar-refractivity contribution in [3.8, 4) is 45.1 Å². The molecule has 0 saturated heterocycles. The van der Waals surface area contributed by atoms with Gasteiger partial charge in [-0.2, -0.15) is 9.13 Å². The Hall–Kier alpha value is -4.99. The van der Waals surface area contributed by atoms with Gasteiger partial charge in [0.25, 0.3) is 11.4 Å². The van der Waals surface area contributed by atoms with Crippen molar-refractivity contribution >= 4 is 23.1 Å². The summed E-state index contributed by atoms with van der Waals surface area (Å²) in [7, 11) is 0.175. The second kappa shape index (κ2) is 10.4. The number of hydrogen-bond acceptors (Lipinski definition) is 3. The highest BCUT2D eigenvalue weighted by atomic mass is 31.2. The number of pyridine rings is 2. The van der Waals surface area contributed by atoms with Crippen LogP contribution in [0.15, 0.2) is 140 Å². The molecule has 0 bridgehead atoms. The number of benzene rings is 4. The van der Waals surface area contributed by atoms with Crippen molar-refractivity contribution in [1.82, 2.24) is 0 Å². The molecule has 4 aromatic carbocycles. The van der Waals surface area contributed by atoms with Gasteiger partial charge < -0.3 is 14.0 Å². The van der Waals surface area contributed by atoms with Crippen LogP contribution < -0.4 is 34.5 Å². The van der Waals surface area contributed by atoms with Gasteiger partial charge in [-0.3, -0.25) is 0 Å². The molecule has 6 heteroatoms. The molecule has 1 unspecified atom stereocenters. The molecule has 204 valence electrons. The summed E-state index contributed by atoms with van der Waals surface area (Å²) in [5.41, 5.74) is 5.93. The van der Waals surface area contributed by atoms with E-state index in [1.807, 2.05) is 113 Å². The molecule has 5 nitrogen and oxygen atoms in total. The van der Waals surface area contributed by atoms with Crippen LogP contribution in [0.1, 0.15) is 0 Å². The third-order valence-electron chi connectivity index (χ3n) is 7.91. The fourth-order valence-electron chi connectivity index (χ4n) is 5.82. The number of nitrogens with zero attached hydrogens (tertiary/aromatic N) is 2. The van der Waals surface area contributed by atoms with Crippen LogP contribution in [0.4, 0.5) is 0 Å². The van der Waals surface area contributed by atoms with Gasteiger partial charge in [-0.1, -0.05) is 66.7 Å². The number of rotatable bonds is 6. The van der Waals surface area contributed by atoms with E-state index in [-0.39, 0.29) is 0 Å². The lowest BCUT2D eigenvalue weighted by Crippen LogP contribution is -2.35. The van der Waals surface area contributed by atoms with Crippen LogP contribution in [0.2, 0.25) is 0 Å². The number of fused-ring (bicyclic) bond motifs is 3. The van der Waals surface area contributed by atoms with E-state index in [0.717, 1.165) is 61.0 Å². The third kappa shape index (κ3) is 4.13. The Labute approximate surface area is 245 Å². The monoisotopic (exact) mass is 568 g/mol. The Bertz CT molecular complexity index is 1990. The van der Waals surface area contributed by atoms with Crippen LogP contribution in [-0.2, 0) is 4.57 Å². The van der Waals surface area contributed by atoms with Gasteiger partial charge in [-0.15, -0.1) is 0 Å². The Kier molecular flexibility index (Phi) is 6.45. The van der Waals surface area contributed by atoms with Crippen LogP contribution in [-0.4, -0.2) is 14.2 Å². The average Bonchev–Trinajstić information content (AvgIpc) is 3.33. The van der Waals surface area contributed by atoms with Crippen LogP contribution in [0.5, 0.6) is 11.5 Å². The van der Waals surface area contributed by atoms with Crippen molar-refractivity contribution in [2.24, 2.45) is 0 Å². The standard InChI is InChI=1S/C36H29N2O3P/c1-40-33-14-8-6-12-31(33)37-21-18-26(19-22-37)27-16-17-29-30-20-23-38(32-13-7-9-15-34(32)41-2)25-36(30)42(39,35(29)24-27)28-10-4-3-5-11-28/h3-25H,1-2H3/q+2. The molecule has 1 aliphatic rings. The van der Waals surface area contributed by atoms with E-state index in [0.29, 0.717) is 0 Å². The van der Waals surface area contributed by atoms with Crippen molar-refractivity contribution in [3.05, 3.63) is 140 Å². The third-order valence-corrected chi connectivity index (χ3v) is 11.0. The van der Waals surface area contributed by atoms with Gasteiger partial charge in [0, 0.05) is 46.5 Å². The molecule has 1 atom stereocenters. The summed E-state index contributed by atoms with van der Waals surface area (Å²) < 4.78 is 30.7. The molecule has 3 heterocycles. The summed E-state index contributed by atoms with van der Waals surface area (Å²) in [6, 6.07) is 38.2. The van der Waals surface area contributed by atoms with E-state index in [1.165, 1.54) is 0 Å². The van der Waals surface area contributed by atoms with Crippen molar-refractivity contribution in [2.75, 3.05) is 14.2 Å². The molecule has 6 aromatic rings. The molecule has 0 radical (unpaired) electrons. The van der Waals surface area contributed by atoms with Gasteiger partial charge in [0.15, 0.2) is 43.4 Å². The second-order valence-corrected chi connectivity index (χ2v) is 12.9. The first-order chi connectivity index (χ1) is 20.6. The highest BCUT2D eigenvalue weighted by Gasteiger charge is 2.43. The summed E-state index contributed by atoms with van der Waals surface area (Å²) in [4.78, 5) is 0. The normalized spacial score (nSPS) is 15.1. The lowest BCUT2D eigenvalue weighted by atomic mass is 10.0. The minimum Gasteiger partial charge on any atom is -0.490 e. The summed E-state index contributed by atoms with van der Waals surface area (Å²) in [5.74, 6) is 1.56. The molecule has 2 aromatic heterocycles. The van der Waals surface area contributed by atoms with Crippen LogP contribution in [0.25, 0.3) is 33.6 Å². The number of aromatic nitrogens is 2. The molecule has 0 amide bonds. The zero-order valence-corrected chi connectivity index (χ0v) is 24.2. The van der Waals surface area contributed by atoms with Gasteiger partial charge in [-0.25, -0.2) is 0 Å². The van der Waals surface area contributed by atoms with E-state index in [4.69, 9.17) is 9.47 Å².